The highest BCUT2D eigenvalue weighted by Gasteiger charge is 2.21. The van der Waals surface area contributed by atoms with Gasteiger partial charge in [0.05, 0.1) is 16.8 Å². The van der Waals surface area contributed by atoms with Crippen LogP contribution in [0.25, 0.3) is 16.0 Å². The maximum absolute atomic E-state index is 12.5. The summed E-state index contributed by atoms with van der Waals surface area (Å²) in [6.45, 7) is 0. The third-order valence-electron chi connectivity index (χ3n) is 5.03. The number of rotatable bonds is 7. The van der Waals surface area contributed by atoms with Gasteiger partial charge in [-0.2, -0.15) is 16.9 Å². The molecule has 31 heavy (non-hydrogen) atoms. The summed E-state index contributed by atoms with van der Waals surface area (Å²) in [4.78, 5) is 42.8. The second kappa shape index (κ2) is 8.60. The van der Waals surface area contributed by atoms with Gasteiger partial charge in [0.15, 0.2) is 5.82 Å². The van der Waals surface area contributed by atoms with Crippen LogP contribution in [0.3, 0.4) is 0 Å². The quantitative estimate of drug-likeness (QED) is 0.413. The minimum absolute atomic E-state index is 0.0463. The van der Waals surface area contributed by atoms with Crippen LogP contribution in [0.4, 0.5) is 5.69 Å². The molecule has 5 rings (SSSR count). The molecular formula is C20H19N7O2S2. The first kappa shape index (κ1) is 19.9. The van der Waals surface area contributed by atoms with Crippen LogP contribution in [0.15, 0.2) is 35.8 Å². The summed E-state index contributed by atoms with van der Waals surface area (Å²) in [6, 6.07) is 3.53. The van der Waals surface area contributed by atoms with Crippen molar-refractivity contribution in [1.29, 1.82) is 0 Å². The van der Waals surface area contributed by atoms with Gasteiger partial charge >= 0.3 is 0 Å². The van der Waals surface area contributed by atoms with E-state index in [1.807, 2.05) is 0 Å². The smallest absolute Gasteiger partial charge is 0.259 e. The zero-order chi connectivity index (χ0) is 21.2. The molecule has 4 aromatic heterocycles. The van der Waals surface area contributed by atoms with Gasteiger partial charge in [-0.05, 0) is 37.0 Å². The van der Waals surface area contributed by atoms with Gasteiger partial charge < -0.3 is 10.3 Å². The summed E-state index contributed by atoms with van der Waals surface area (Å²) in [5.41, 5.74) is 1.71. The fourth-order valence-corrected chi connectivity index (χ4v) is 5.74. The molecule has 1 aliphatic carbocycles. The lowest BCUT2D eigenvalue weighted by Crippen LogP contribution is -2.15. The lowest BCUT2D eigenvalue weighted by Gasteiger charge is -2.09. The molecule has 158 valence electrons. The third-order valence-corrected chi connectivity index (χ3v) is 7.19. The minimum Gasteiger partial charge on any atom is -0.323 e. The van der Waals surface area contributed by atoms with Crippen molar-refractivity contribution in [2.24, 2.45) is 0 Å². The van der Waals surface area contributed by atoms with Gasteiger partial charge in [0.2, 0.25) is 5.91 Å². The van der Waals surface area contributed by atoms with Gasteiger partial charge in [-0.3, -0.25) is 9.59 Å². The van der Waals surface area contributed by atoms with Crippen LogP contribution in [0.1, 0.15) is 29.1 Å². The molecule has 0 fully saturated rings. The number of thioether (sulfide) groups is 1. The standard InChI is InChI=1S/C20H19N7O2S2/c28-16(24-13-4-2-7-22-18(13)27-11-21-10-23-27)6-8-30-9-15-25-19(29)17-12-3-1-5-14(12)31-20(17)26-15/h2,4,7,10-11H,1,3,5-6,8-9H2,(H,24,28)(H,25,26,29). The van der Waals surface area contributed by atoms with E-state index in [4.69, 9.17) is 0 Å². The number of H-pyrrole nitrogens is 1. The van der Waals surface area contributed by atoms with E-state index >= 15 is 0 Å². The molecule has 11 heteroatoms. The molecule has 0 radical (unpaired) electrons. The number of thiophene rings is 1. The van der Waals surface area contributed by atoms with Gasteiger partial charge in [-0.25, -0.2) is 19.6 Å². The lowest BCUT2D eigenvalue weighted by atomic mass is 10.2. The molecule has 4 aromatic rings. The molecule has 0 saturated heterocycles. The molecule has 0 aliphatic heterocycles. The van der Waals surface area contributed by atoms with Crippen molar-refractivity contribution in [1.82, 2.24) is 29.7 Å². The Hall–Kier alpha value is -3.05. The molecule has 0 atom stereocenters. The van der Waals surface area contributed by atoms with Crippen LogP contribution in [0.5, 0.6) is 0 Å². The average Bonchev–Trinajstić information content (AvgIpc) is 3.49. The third kappa shape index (κ3) is 4.10. The van der Waals surface area contributed by atoms with Crippen molar-refractivity contribution in [2.45, 2.75) is 31.4 Å². The highest BCUT2D eigenvalue weighted by molar-refractivity contribution is 7.98. The molecule has 9 nitrogen and oxygen atoms in total. The van der Waals surface area contributed by atoms with Crippen LogP contribution in [-0.4, -0.2) is 41.4 Å². The highest BCUT2D eigenvalue weighted by atomic mass is 32.2. The number of anilines is 1. The Kier molecular flexibility index (Phi) is 5.51. The van der Waals surface area contributed by atoms with E-state index in [1.165, 1.54) is 27.8 Å². The summed E-state index contributed by atoms with van der Waals surface area (Å²) in [5.74, 6) is 2.21. The first-order valence-corrected chi connectivity index (χ1v) is 11.9. The predicted molar refractivity (Wildman–Crippen MR) is 121 cm³/mol. The number of nitrogens with zero attached hydrogens (tertiary/aromatic N) is 5. The van der Waals surface area contributed by atoms with Crippen LogP contribution in [0, 0.1) is 0 Å². The molecule has 0 aromatic carbocycles. The van der Waals surface area contributed by atoms with Crippen LogP contribution >= 0.6 is 23.1 Å². The van der Waals surface area contributed by atoms with E-state index < -0.39 is 0 Å². The summed E-state index contributed by atoms with van der Waals surface area (Å²) >= 11 is 3.20. The number of carbonyl (C=O) groups is 1. The van der Waals surface area contributed by atoms with Crippen molar-refractivity contribution >= 4 is 44.9 Å². The number of hydrogen-bond acceptors (Lipinski definition) is 8. The SMILES string of the molecule is O=C(CCSCc1nc2sc3c(c2c(=O)[nH]1)CCC3)Nc1cccnc1-n1cncn1. The number of hydrogen-bond donors (Lipinski definition) is 2. The molecule has 0 bridgehead atoms. The molecular weight excluding hydrogens is 434 g/mol. The predicted octanol–water partition coefficient (Wildman–Crippen LogP) is 2.71. The Labute approximate surface area is 185 Å². The van der Waals surface area contributed by atoms with Crippen molar-refractivity contribution in [3.8, 4) is 5.82 Å². The fourth-order valence-electron chi connectivity index (χ4n) is 3.66. The van der Waals surface area contributed by atoms with E-state index in [9.17, 15) is 9.59 Å². The first-order valence-electron chi connectivity index (χ1n) is 9.90. The van der Waals surface area contributed by atoms with Crippen molar-refractivity contribution in [3.05, 3.63) is 57.6 Å². The van der Waals surface area contributed by atoms with E-state index in [2.05, 4.69) is 30.4 Å². The minimum atomic E-state index is -0.117. The molecule has 0 saturated carbocycles. The van der Waals surface area contributed by atoms with Crippen LogP contribution in [-0.2, 0) is 23.4 Å². The number of aromatic nitrogens is 6. The molecule has 2 N–H and O–H groups in total. The normalized spacial score (nSPS) is 12.9. The molecule has 1 amide bonds. The van der Waals surface area contributed by atoms with Gasteiger partial charge in [0.1, 0.15) is 23.3 Å². The number of nitrogens with one attached hydrogen (secondary N) is 2. The van der Waals surface area contributed by atoms with Crippen LogP contribution < -0.4 is 10.9 Å². The first-order chi connectivity index (χ1) is 15.2. The van der Waals surface area contributed by atoms with Crippen molar-refractivity contribution < 1.29 is 4.79 Å². The van der Waals surface area contributed by atoms with E-state index in [0.717, 1.165) is 29.5 Å². The van der Waals surface area contributed by atoms with Crippen molar-refractivity contribution in [3.63, 3.8) is 0 Å². The Morgan fingerprint density at radius 3 is 3.16 bits per heavy atom. The second-order valence-electron chi connectivity index (χ2n) is 7.12. The number of pyridine rings is 1. The Balaban J connectivity index is 1.17. The van der Waals surface area contributed by atoms with Gasteiger partial charge in [0, 0.05) is 23.2 Å². The number of amides is 1. The maximum Gasteiger partial charge on any atom is 0.259 e. The van der Waals surface area contributed by atoms with Gasteiger partial charge in [0.25, 0.3) is 5.56 Å². The fraction of sp³-hybridized carbons (Fsp3) is 0.300. The number of aromatic amines is 1. The zero-order valence-electron chi connectivity index (χ0n) is 16.5. The molecule has 1 aliphatic rings. The molecule has 0 unspecified atom stereocenters. The maximum atomic E-state index is 12.5. The van der Waals surface area contributed by atoms with Crippen LogP contribution in [0.2, 0.25) is 0 Å². The van der Waals surface area contributed by atoms with E-state index in [0.29, 0.717) is 35.3 Å². The topological polar surface area (TPSA) is 118 Å². The second-order valence-corrected chi connectivity index (χ2v) is 9.30. The average molecular weight is 454 g/mol. The number of aryl methyl sites for hydroxylation is 2. The Morgan fingerprint density at radius 1 is 1.35 bits per heavy atom. The van der Waals surface area contributed by atoms with Crippen molar-refractivity contribution in [2.75, 3.05) is 11.1 Å². The van der Waals surface area contributed by atoms with E-state index in [-0.39, 0.29) is 11.5 Å². The monoisotopic (exact) mass is 453 g/mol. The largest absolute Gasteiger partial charge is 0.323 e. The summed E-state index contributed by atoms with van der Waals surface area (Å²) in [7, 11) is 0. The lowest BCUT2D eigenvalue weighted by molar-refractivity contribution is -0.115. The number of fused-ring (bicyclic) bond motifs is 3. The Morgan fingerprint density at radius 2 is 2.29 bits per heavy atom. The molecule has 4 heterocycles. The highest BCUT2D eigenvalue weighted by Crippen LogP contribution is 2.34. The summed E-state index contributed by atoms with van der Waals surface area (Å²) < 4.78 is 1.50. The van der Waals surface area contributed by atoms with E-state index in [1.54, 1.807) is 41.4 Å². The summed E-state index contributed by atoms with van der Waals surface area (Å²) in [6.07, 6.45) is 8.04. The molecule has 0 spiro atoms. The van der Waals surface area contributed by atoms with Gasteiger partial charge in [-0.1, -0.05) is 0 Å². The number of carbonyl (C=O) groups excluding carboxylic acids is 1. The zero-order valence-corrected chi connectivity index (χ0v) is 18.1. The summed E-state index contributed by atoms with van der Waals surface area (Å²) in [5, 5.41) is 7.71. The van der Waals surface area contributed by atoms with Gasteiger partial charge in [-0.15, -0.1) is 11.3 Å². The Bertz CT molecular complexity index is 1300.